The molecule has 126 valence electrons. The fourth-order valence-electron chi connectivity index (χ4n) is 3.52. The van der Waals surface area contributed by atoms with E-state index in [2.05, 4.69) is 23.1 Å². The first-order valence-electron chi connectivity index (χ1n) is 8.47. The van der Waals surface area contributed by atoms with Crippen molar-refractivity contribution in [3.8, 4) is 0 Å². The van der Waals surface area contributed by atoms with Crippen LogP contribution in [0.25, 0.3) is 0 Å². The van der Waals surface area contributed by atoms with Gasteiger partial charge in [-0.25, -0.2) is 0 Å². The van der Waals surface area contributed by atoms with Crippen molar-refractivity contribution in [3.63, 3.8) is 0 Å². The average Bonchev–Trinajstić information content (AvgIpc) is 3.15. The maximum atomic E-state index is 12.5. The van der Waals surface area contributed by atoms with Crippen molar-refractivity contribution >= 4 is 11.6 Å². The molecule has 1 aliphatic heterocycles. The summed E-state index contributed by atoms with van der Waals surface area (Å²) >= 11 is 0. The summed E-state index contributed by atoms with van der Waals surface area (Å²) in [6.45, 7) is 4.67. The zero-order valence-corrected chi connectivity index (χ0v) is 14.1. The van der Waals surface area contributed by atoms with Gasteiger partial charge in [-0.3, -0.25) is 4.79 Å². The van der Waals surface area contributed by atoms with Crippen LogP contribution in [0.5, 0.6) is 0 Å². The normalized spacial score (nSPS) is 22.7. The molecular weight excluding hydrogens is 304 g/mol. The van der Waals surface area contributed by atoms with Gasteiger partial charge in [0.05, 0.1) is 11.5 Å². The Morgan fingerprint density at radius 2 is 2.12 bits per heavy atom. The van der Waals surface area contributed by atoms with E-state index in [1.807, 2.05) is 24.0 Å². The number of hydrogen-bond donors (Lipinski definition) is 1. The maximum absolute atomic E-state index is 12.5. The lowest BCUT2D eigenvalue weighted by atomic mass is 9.77. The second-order valence-corrected chi connectivity index (χ2v) is 7.09. The summed E-state index contributed by atoms with van der Waals surface area (Å²) < 4.78 is 5.44. The van der Waals surface area contributed by atoms with E-state index in [9.17, 15) is 4.79 Å². The second kappa shape index (κ2) is 5.41. The van der Waals surface area contributed by atoms with Crippen molar-refractivity contribution in [2.24, 2.45) is 5.73 Å². The molecule has 1 amide bonds. The quantitative estimate of drug-likeness (QED) is 0.937. The summed E-state index contributed by atoms with van der Waals surface area (Å²) in [5.41, 5.74) is 9.10. The molecule has 24 heavy (non-hydrogen) atoms. The lowest BCUT2D eigenvalue weighted by molar-refractivity contribution is -0.117. The molecule has 6 heteroatoms. The molecule has 2 fully saturated rings. The van der Waals surface area contributed by atoms with Gasteiger partial charge in [0, 0.05) is 18.7 Å². The van der Waals surface area contributed by atoms with Gasteiger partial charge in [0.25, 0.3) is 0 Å². The average molecular weight is 326 g/mol. The van der Waals surface area contributed by atoms with Crippen LogP contribution in [0.2, 0.25) is 0 Å². The van der Waals surface area contributed by atoms with Crippen LogP contribution < -0.4 is 10.6 Å². The van der Waals surface area contributed by atoms with Gasteiger partial charge in [-0.1, -0.05) is 17.3 Å². The highest BCUT2D eigenvalue weighted by atomic mass is 16.5. The number of amides is 1. The summed E-state index contributed by atoms with van der Waals surface area (Å²) in [4.78, 5) is 18.8. The number of carbonyl (C=O) groups excluding carboxylic acids is 1. The third-order valence-corrected chi connectivity index (χ3v) is 5.47. The molecule has 1 aromatic heterocycles. The zero-order valence-electron chi connectivity index (χ0n) is 14.1. The number of carbonyl (C=O) groups is 1. The molecule has 1 saturated carbocycles. The number of aryl methyl sites for hydroxylation is 1. The number of benzene rings is 1. The van der Waals surface area contributed by atoms with E-state index in [-0.39, 0.29) is 11.8 Å². The SMILES string of the molecule is Cc1cccc(N2CC(c3nc(C4(N)CCC4)no3)CC2=O)c1C. The van der Waals surface area contributed by atoms with E-state index < -0.39 is 5.54 Å². The van der Waals surface area contributed by atoms with Crippen LogP contribution in [-0.4, -0.2) is 22.6 Å². The molecule has 2 N–H and O–H groups in total. The zero-order chi connectivity index (χ0) is 16.9. The van der Waals surface area contributed by atoms with Gasteiger partial charge >= 0.3 is 0 Å². The van der Waals surface area contributed by atoms with Gasteiger partial charge in [0.2, 0.25) is 11.8 Å². The first-order chi connectivity index (χ1) is 11.5. The molecule has 2 aromatic rings. The smallest absolute Gasteiger partial charge is 0.232 e. The molecule has 2 aliphatic rings. The maximum Gasteiger partial charge on any atom is 0.232 e. The summed E-state index contributed by atoms with van der Waals surface area (Å²) in [7, 11) is 0. The minimum absolute atomic E-state index is 0.0673. The van der Waals surface area contributed by atoms with Crippen LogP contribution >= 0.6 is 0 Å². The van der Waals surface area contributed by atoms with Crippen molar-refractivity contribution in [3.05, 3.63) is 41.0 Å². The number of anilines is 1. The van der Waals surface area contributed by atoms with Crippen molar-refractivity contribution in [2.75, 3.05) is 11.4 Å². The topological polar surface area (TPSA) is 85.2 Å². The minimum atomic E-state index is -0.433. The Kier molecular flexibility index (Phi) is 3.46. The van der Waals surface area contributed by atoms with Gasteiger partial charge in [0.1, 0.15) is 0 Å². The van der Waals surface area contributed by atoms with Crippen molar-refractivity contribution < 1.29 is 9.32 Å². The van der Waals surface area contributed by atoms with E-state index in [1.54, 1.807) is 0 Å². The number of nitrogens with two attached hydrogens (primary N) is 1. The molecule has 4 rings (SSSR count). The van der Waals surface area contributed by atoms with Crippen molar-refractivity contribution in [1.82, 2.24) is 10.1 Å². The van der Waals surface area contributed by atoms with Crippen molar-refractivity contribution in [2.45, 2.75) is 51.0 Å². The third kappa shape index (κ3) is 2.33. The van der Waals surface area contributed by atoms with E-state index in [0.717, 1.165) is 30.5 Å². The molecule has 0 bridgehead atoms. The highest BCUT2D eigenvalue weighted by Gasteiger charge is 2.41. The van der Waals surface area contributed by atoms with E-state index >= 15 is 0 Å². The van der Waals surface area contributed by atoms with E-state index in [0.29, 0.717) is 24.7 Å². The first kappa shape index (κ1) is 15.3. The lowest BCUT2D eigenvalue weighted by Crippen LogP contribution is -2.44. The Labute approximate surface area is 141 Å². The summed E-state index contributed by atoms with van der Waals surface area (Å²) in [6.07, 6.45) is 3.28. The molecule has 1 aliphatic carbocycles. The molecule has 1 atom stereocenters. The largest absolute Gasteiger partial charge is 0.339 e. The highest BCUT2D eigenvalue weighted by molar-refractivity contribution is 5.97. The van der Waals surface area contributed by atoms with Crippen LogP contribution in [0.4, 0.5) is 5.69 Å². The van der Waals surface area contributed by atoms with Gasteiger partial charge in [-0.15, -0.1) is 0 Å². The van der Waals surface area contributed by atoms with Crippen molar-refractivity contribution in [1.29, 1.82) is 0 Å². The Morgan fingerprint density at radius 1 is 1.33 bits per heavy atom. The Balaban J connectivity index is 1.57. The molecule has 6 nitrogen and oxygen atoms in total. The van der Waals surface area contributed by atoms with Crippen LogP contribution in [0.3, 0.4) is 0 Å². The Hall–Kier alpha value is -2.21. The predicted molar refractivity (Wildman–Crippen MR) is 89.6 cm³/mol. The first-order valence-corrected chi connectivity index (χ1v) is 8.47. The van der Waals surface area contributed by atoms with Crippen LogP contribution in [0, 0.1) is 13.8 Å². The molecular formula is C18H22N4O2. The number of nitrogens with zero attached hydrogens (tertiary/aromatic N) is 3. The molecule has 0 radical (unpaired) electrons. The van der Waals surface area contributed by atoms with Gasteiger partial charge in [0.15, 0.2) is 5.82 Å². The van der Waals surface area contributed by atoms with E-state index in [4.69, 9.17) is 10.3 Å². The predicted octanol–water partition coefficient (Wildman–Crippen LogP) is 2.54. The summed E-state index contributed by atoms with van der Waals surface area (Å²) in [6, 6.07) is 6.03. The van der Waals surface area contributed by atoms with Gasteiger partial charge < -0.3 is 15.2 Å². The third-order valence-electron chi connectivity index (χ3n) is 5.47. The minimum Gasteiger partial charge on any atom is -0.339 e. The molecule has 1 saturated heterocycles. The molecule has 1 aromatic carbocycles. The number of rotatable bonds is 3. The van der Waals surface area contributed by atoms with Crippen LogP contribution in [-0.2, 0) is 10.3 Å². The summed E-state index contributed by atoms with van der Waals surface area (Å²) in [5, 5.41) is 4.07. The molecule has 2 heterocycles. The number of aromatic nitrogens is 2. The number of hydrogen-bond acceptors (Lipinski definition) is 5. The summed E-state index contributed by atoms with van der Waals surface area (Å²) in [5.74, 6) is 1.14. The van der Waals surface area contributed by atoms with Gasteiger partial charge in [-0.2, -0.15) is 4.98 Å². The lowest BCUT2D eigenvalue weighted by Gasteiger charge is -2.34. The van der Waals surface area contributed by atoms with Gasteiger partial charge in [-0.05, 0) is 50.3 Å². The standard InChI is InChI=1S/C18H22N4O2/c1-11-5-3-6-14(12(11)2)22-10-13(9-15(22)23)16-20-17(21-24-16)18(19)7-4-8-18/h3,5-6,13H,4,7-10,19H2,1-2H3. The van der Waals surface area contributed by atoms with Crippen LogP contribution in [0.1, 0.15) is 54.4 Å². The Morgan fingerprint density at radius 3 is 2.83 bits per heavy atom. The Bertz CT molecular complexity index is 794. The highest BCUT2D eigenvalue weighted by Crippen LogP contribution is 2.38. The fourth-order valence-corrected chi connectivity index (χ4v) is 3.52. The molecule has 0 spiro atoms. The molecule has 1 unspecified atom stereocenters. The second-order valence-electron chi connectivity index (χ2n) is 7.09. The fraction of sp³-hybridized carbons (Fsp3) is 0.500. The monoisotopic (exact) mass is 326 g/mol. The van der Waals surface area contributed by atoms with E-state index in [1.165, 1.54) is 5.56 Å². The van der Waals surface area contributed by atoms with Crippen LogP contribution in [0.15, 0.2) is 22.7 Å².